The standard InChI is InChI=1S/C15H20O4/c1-14(2,18)7-8-15(13(16)17)9-10-19-12-6-4-3-5-11(12)15/h3-6,18H,7-10H2,1-2H3,(H,16,17). The summed E-state index contributed by atoms with van der Waals surface area (Å²) in [4.78, 5) is 11.8. The average molecular weight is 264 g/mol. The minimum atomic E-state index is -0.950. The number of fused-ring (bicyclic) bond motifs is 1. The Labute approximate surface area is 113 Å². The molecule has 4 nitrogen and oxygen atoms in total. The van der Waals surface area contributed by atoms with Crippen molar-refractivity contribution in [2.24, 2.45) is 0 Å². The molecule has 0 spiro atoms. The van der Waals surface area contributed by atoms with Crippen LogP contribution in [-0.2, 0) is 10.2 Å². The maximum Gasteiger partial charge on any atom is 0.314 e. The summed E-state index contributed by atoms with van der Waals surface area (Å²) in [5.41, 5.74) is -1.09. The van der Waals surface area contributed by atoms with E-state index in [1.807, 2.05) is 18.2 Å². The number of carboxylic acids is 1. The number of benzene rings is 1. The lowest BCUT2D eigenvalue weighted by atomic mass is 9.71. The largest absolute Gasteiger partial charge is 0.493 e. The van der Waals surface area contributed by atoms with E-state index in [4.69, 9.17) is 4.74 Å². The Hall–Kier alpha value is -1.55. The van der Waals surface area contributed by atoms with Crippen LogP contribution >= 0.6 is 0 Å². The van der Waals surface area contributed by atoms with E-state index in [0.717, 1.165) is 5.56 Å². The third kappa shape index (κ3) is 2.73. The van der Waals surface area contributed by atoms with Gasteiger partial charge in [0.1, 0.15) is 5.75 Å². The monoisotopic (exact) mass is 264 g/mol. The van der Waals surface area contributed by atoms with Crippen LogP contribution in [0.1, 0.15) is 38.7 Å². The molecule has 0 bridgehead atoms. The molecule has 1 aliphatic rings. The molecule has 0 radical (unpaired) electrons. The van der Waals surface area contributed by atoms with Gasteiger partial charge < -0.3 is 14.9 Å². The van der Waals surface area contributed by atoms with E-state index in [9.17, 15) is 15.0 Å². The zero-order valence-corrected chi connectivity index (χ0v) is 11.3. The molecule has 2 N–H and O–H groups in total. The highest BCUT2D eigenvalue weighted by atomic mass is 16.5. The first kappa shape index (κ1) is 13.9. The Morgan fingerprint density at radius 1 is 1.42 bits per heavy atom. The summed E-state index contributed by atoms with van der Waals surface area (Å²) in [6, 6.07) is 7.28. The summed E-state index contributed by atoms with van der Waals surface area (Å²) in [5, 5.41) is 19.6. The molecule has 1 unspecified atom stereocenters. The van der Waals surface area contributed by atoms with E-state index in [2.05, 4.69) is 0 Å². The van der Waals surface area contributed by atoms with Gasteiger partial charge in [0, 0.05) is 12.0 Å². The van der Waals surface area contributed by atoms with Crippen molar-refractivity contribution in [2.45, 2.75) is 44.1 Å². The van der Waals surface area contributed by atoms with Gasteiger partial charge in [0.05, 0.1) is 17.6 Å². The van der Waals surface area contributed by atoms with Crippen molar-refractivity contribution < 1.29 is 19.7 Å². The molecule has 4 heteroatoms. The molecule has 1 aromatic rings. The molecule has 0 aliphatic carbocycles. The summed E-state index contributed by atoms with van der Waals surface area (Å²) in [5.74, 6) is -0.195. The molecule has 2 rings (SSSR count). The fraction of sp³-hybridized carbons (Fsp3) is 0.533. The molecule has 104 valence electrons. The Morgan fingerprint density at radius 2 is 2.11 bits per heavy atom. The van der Waals surface area contributed by atoms with Crippen LogP contribution in [-0.4, -0.2) is 28.4 Å². The highest BCUT2D eigenvalue weighted by Crippen LogP contribution is 2.43. The Balaban J connectivity index is 2.38. The van der Waals surface area contributed by atoms with Gasteiger partial charge in [0.25, 0.3) is 0 Å². The molecule has 0 fully saturated rings. The number of aliphatic carboxylic acids is 1. The van der Waals surface area contributed by atoms with E-state index in [0.29, 0.717) is 31.6 Å². The molecule has 19 heavy (non-hydrogen) atoms. The normalized spacial score (nSPS) is 22.5. The van der Waals surface area contributed by atoms with Gasteiger partial charge >= 0.3 is 5.97 Å². The maximum atomic E-state index is 11.8. The second-order valence-corrected chi connectivity index (χ2v) is 5.79. The highest BCUT2D eigenvalue weighted by Gasteiger charge is 2.45. The van der Waals surface area contributed by atoms with Gasteiger partial charge in [-0.3, -0.25) is 4.79 Å². The maximum absolute atomic E-state index is 11.8. The molecule has 1 aliphatic heterocycles. The van der Waals surface area contributed by atoms with Gasteiger partial charge in [-0.25, -0.2) is 0 Å². The summed E-state index contributed by atoms with van der Waals surface area (Å²) in [6.07, 6.45) is 1.29. The van der Waals surface area contributed by atoms with Crippen molar-refractivity contribution in [3.8, 4) is 5.75 Å². The predicted octanol–water partition coefficient (Wildman–Crippen LogP) is 2.34. The topological polar surface area (TPSA) is 66.8 Å². The van der Waals surface area contributed by atoms with Gasteiger partial charge in [-0.15, -0.1) is 0 Å². The predicted molar refractivity (Wildman–Crippen MR) is 71.4 cm³/mol. The molecule has 0 saturated carbocycles. The average Bonchev–Trinajstić information content (AvgIpc) is 2.35. The van der Waals surface area contributed by atoms with Crippen molar-refractivity contribution in [1.29, 1.82) is 0 Å². The van der Waals surface area contributed by atoms with Crippen LogP contribution in [0, 0.1) is 0 Å². The molecule has 1 atom stereocenters. The van der Waals surface area contributed by atoms with Crippen molar-refractivity contribution in [3.63, 3.8) is 0 Å². The lowest BCUT2D eigenvalue weighted by Crippen LogP contribution is -2.42. The zero-order chi connectivity index (χ0) is 14.1. The Morgan fingerprint density at radius 3 is 2.74 bits per heavy atom. The SMILES string of the molecule is CC(C)(O)CCC1(C(=O)O)CCOc2ccccc21. The lowest BCUT2D eigenvalue weighted by molar-refractivity contribution is -0.146. The van der Waals surface area contributed by atoms with Gasteiger partial charge in [0.15, 0.2) is 0 Å². The molecule has 0 saturated heterocycles. The number of hydrogen-bond acceptors (Lipinski definition) is 3. The van der Waals surface area contributed by atoms with Crippen molar-refractivity contribution >= 4 is 5.97 Å². The lowest BCUT2D eigenvalue weighted by Gasteiger charge is -2.36. The van der Waals surface area contributed by atoms with E-state index >= 15 is 0 Å². The molecule has 1 heterocycles. The Bertz CT molecular complexity index is 475. The smallest absolute Gasteiger partial charge is 0.314 e. The van der Waals surface area contributed by atoms with Crippen LogP contribution in [0.25, 0.3) is 0 Å². The number of hydrogen-bond donors (Lipinski definition) is 2. The quantitative estimate of drug-likeness (QED) is 0.876. The van der Waals surface area contributed by atoms with E-state index in [1.54, 1.807) is 19.9 Å². The molecular weight excluding hydrogens is 244 g/mol. The van der Waals surface area contributed by atoms with Crippen molar-refractivity contribution in [3.05, 3.63) is 29.8 Å². The van der Waals surface area contributed by atoms with Gasteiger partial charge in [0.2, 0.25) is 0 Å². The number of carboxylic acid groups (broad SMARTS) is 1. The second-order valence-electron chi connectivity index (χ2n) is 5.79. The number of ether oxygens (including phenoxy) is 1. The third-order valence-corrected chi connectivity index (χ3v) is 3.76. The fourth-order valence-electron chi connectivity index (χ4n) is 2.57. The summed E-state index contributed by atoms with van der Waals surface area (Å²) < 4.78 is 5.54. The first-order valence-electron chi connectivity index (χ1n) is 6.53. The van der Waals surface area contributed by atoms with Crippen molar-refractivity contribution in [1.82, 2.24) is 0 Å². The molecule has 0 aromatic heterocycles. The van der Waals surface area contributed by atoms with Crippen LogP contribution in [0.3, 0.4) is 0 Å². The fourth-order valence-corrected chi connectivity index (χ4v) is 2.57. The first-order chi connectivity index (χ1) is 8.85. The second kappa shape index (κ2) is 4.85. The number of rotatable bonds is 4. The van der Waals surface area contributed by atoms with Crippen LogP contribution in [0.4, 0.5) is 0 Å². The minimum Gasteiger partial charge on any atom is -0.493 e. The van der Waals surface area contributed by atoms with E-state index in [-0.39, 0.29) is 0 Å². The number of para-hydroxylation sites is 1. The number of aliphatic hydroxyl groups is 1. The van der Waals surface area contributed by atoms with E-state index < -0.39 is 17.0 Å². The van der Waals surface area contributed by atoms with Crippen LogP contribution in [0.15, 0.2) is 24.3 Å². The number of carbonyl (C=O) groups is 1. The van der Waals surface area contributed by atoms with Gasteiger partial charge in [-0.2, -0.15) is 0 Å². The first-order valence-corrected chi connectivity index (χ1v) is 6.53. The summed E-state index contributed by atoms with van der Waals surface area (Å²) in [7, 11) is 0. The highest BCUT2D eigenvalue weighted by molar-refractivity contribution is 5.83. The molecular formula is C15H20O4. The van der Waals surface area contributed by atoms with Gasteiger partial charge in [-0.05, 0) is 32.8 Å². The van der Waals surface area contributed by atoms with Gasteiger partial charge in [-0.1, -0.05) is 18.2 Å². The van der Waals surface area contributed by atoms with Crippen LogP contribution in [0.2, 0.25) is 0 Å². The van der Waals surface area contributed by atoms with Crippen molar-refractivity contribution in [2.75, 3.05) is 6.61 Å². The van der Waals surface area contributed by atoms with Crippen LogP contribution < -0.4 is 4.74 Å². The third-order valence-electron chi connectivity index (χ3n) is 3.76. The van der Waals surface area contributed by atoms with Crippen LogP contribution in [0.5, 0.6) is 5.75 Å². The summed E-state index contributed by atoms with van der Waals surface area (Å²) in [6.45, 7) is 3.80. The molecule has 0 amide bonds. The zero-order valence-electron chi connectivity index (χ0n) is 11.3. The molecule has 1 aromatic carbocycles. The summed E-state index contributed by atoms with van der Waals surface area (Å²) >= 11 is 0. The Kier molecular flexibility index (Phi) is 3.54. The van der Waals surface area contributed by atoms with E-state index in [1.165, 1.54) is 0 Å². The minimum absolute atomic E-state index is 0.398.